The van der Waals surface area contributed by atoms with Gasteiger partial charge in [-0.25, -0.2) is 0 Å². The highest BCUT2D eigenvalue weighted by atomic mass is 35.5. The van der Waals surface area contributed by atoms with Gasteiger partial charge >= 0.3 is 0 Å². The summed E-state index contributed by atoms with van der Waals surface area (Å²) in [6.07, 6.45) is 3.63. The molecule has 3 heterocycles. The molecule has 2 unspecified atom stereocenters. The van der Waals surface area contributed by atoms with Crippen LogP contribution < -0.4 is 10.6 Å². The van der Waals surface area contributed by atoms with E-state index in [1.807, 2.05) is 0 Å². The van der Waals surface area contributed by atoms with Crippen molar-refractivity contribution in [2.45, 2.75) is 31.8 Å². The third-order valence-corrected chi connectivity index (χ3v) is 3.94. The molecule has 7 heteroatoms. The van der Waals surface area contributed by atoms with Gasteiger partial charge in [-0.15, -0.1) is 5.10 Å². The molecule has 0 amide bonds. The van der Waals surface area contributed by atoms with E-state index in [2.05, 4.69) is 27.0 Å². The molecule has 1 aliphatic rings. The topological polar surface area (TPSA) is 84.0 Å². The van der Waals surface area contributed by atoms with Crippen molar-refractivity contribution in [1.82, 2.24) is 15.2 Å². The van der Waals surface area contributed by atoms with Crippen molar-refractivity contribution < 1.29 is 4.42 Å². The first kappa shape index (κ1) is 12.5. The molecule has 0 aromatic carbocycles. The minimum absolute atomic E-state index is 0.160. The quantitative estimate of drug-likeness (QED) is 0.880. The Hall–Kier alpha value is -1.53. The summed E-state index contributed by atoms with van der Waals surface area (Å²) >= 11 is 5.93. The molecule has 1 fully saturated rings. The summed E-state index contributed by atoms with van der Waals surface area (Å²) in [5, 5.41) is 7.46. The number of aromatic nitrogens is 3. The van der Waals surface area contributed by atoms with Gasteiger partial charge in [0.2, 0.25) is 11.2 Å². The molecule has 0 saturated carbocycles. The SMILES string of the molecule is CC1C(N)CCCN1c1n[nH]c(-c2ccoc2Cl)n1. The molecule has 102 valence electrons. The van der Waals surface area contributed by atoms with Crippen molar-refractivity contribution in [3.63, 3.8) is 0 Å². The lowest BCUT2D eigenvalue weighted by atomic mass is 9.99. The molecule has 6 nitrogen and oxygen atoms in total. The van der Waals surface area contributed by atoms with Crippen LogP contribution in [0, 0.1) is 0 Å². The summed E-state index contributed by atoms with van der Waals surface area (Å²) in [7, 11) is 0. The third kappa shape index (κ3) is 2.21. The number of piperidine rings is 1. The van der Waals surface area contributed by atoms with Crippen LogP contribution in [0.4, 0.5) is 5.95 Å². The van der Waals surface area contributed by atoms with Crippen LogP contribution in [0.5, 0.6) is 0 Å². The molecule has 1 saturated heterocycles. The van der Waals surface area contributed by atoms with Crippen molar-refractivity contribution in [3.8, 4) is 11.4 Å². The Morgan fingerprint density at radius 1 is 1.58 bits per heavy atom. The standard InChI is InChI=1S/C12H16ClN5O/c1-7-9(14)3-2-5-18(7)12-15-11(16-17-12)8-4-6-19-10(8)13/h4,6-7,9H,2-3,5,14H2,1H3,(H,15,16,17). The highest BCUT2D eigenvalue weighted by Crippen LogP contribution is 2.28. The number of aromatic amines is 1. The molecule has 0 radical (unpaired) electrons. The molecule has 3 rings (SSSR count). The number of anilines is 1. The fourth-order valence-corrected chi connectivity index (χ4v) is 2.62. The Labute approximate surface area is 115 Å². The lowest BCUT2D eigenvalue weighted by Crippen LogP contribution is -2.50. The number of furan rings is 1. The zero-order chi connectivity index (χ0) is 13.4. The first-order valence-corrected chi connectivity index (χ1v) is 6.72. The number of nitrogens with zero attached hydrogens (tertiary/aromatic N) is 3. The van der Waals surface area contributed by atoms with Gasteiger partial charge in [0, 0.05) is 18.6 Å². The minimum Gasteiger partial charge on any atom is -0.452 e. The van der Waals surface area contributed by atoms with Crippen LogP contribution in [-0.2, 0) is 0 Å². The van der Waals surface area contributed by atoms with Gasteiger partial charge in [-0.05, 0) is 37.4 Å². The molecule has 2 atom stereocenters. The number of nitrogens with two attached hydrogens (primary N) is 1. The summed E-state index contributed by atoms with van der Waals surface area (Å²) in [6, 6.07) is 2.16. The predicted octanol–water partition coefficient (Wildman–Crippen LogP) is 2.03. The predicted molar refractivity (Wildman–Crippen MR) is 73.1 cm³/mol. The fraction of sp³-hybridized carbons (Fsp3) is 0.500. The second-order valence-electron chi connectivity index (χ2n) is 4.83. The van der Waals surface area contributed by atoms with E-state index in [-0.39, 0.29) is 12.1 Å². The summed E-state index contributed by atoms with van der Waals surface area (Å²) in [6.45, 7) is 3.02. The Balaban J connectivity index is 1.87. The van der Waals surface area contributed by atoms with E-state index >= 15 is 0 Å². The maximum Gasteiger partial charge on any atom is 0.245 e. The van der Waals surface area contributed by atoms with E-state index in [0.29, 0.717) is 17.0 Å². The molecular formula is C12H16ClN5O. The Morgan fingerprint density at radius 3 is 3.16 bits per heavy atom. The van der Waals surface area contributed by atoms with E-state index < -0.39 is 0 Å². The molecule has 2 aromatic heterocycles. The second kappa shape index (κ2) is 4.86. The van der Waals surface area contributed by atoms with Crippen molar-refractivity contribution in [2.75, 3.05) is 11.4 Å². The van der Waals surface area contributed by atoms with Crippen LogP contribution in [0.2, 0.25) is 5.22 Å². The molecule has 19 heavy (non-hydrogen) atoms. The van der Waals surface area contributed by atoms with Gasteiger partial charge in [-0.1, -0.05) is 0 Å². The average Bonchev–Trinajstić information content (AvgIpc) is 3.01. The van der Waals surface area contributed by atoms with Crippen LogP contribution in [0.3, 0.4) is 0 Å². The lowest BCUT2D eigenvalue weighted by molar-refractivity contribution is 0.416. The zero-order valence-electron chi connectivity index (χ0n) is 10.6. The van der Waals surface area contributed by atoms with Gasteiger partial charge < -0.3 is 15.1 Å². The number of halogens is 1. The fourth-order valence-electron chi connectivity index (χ4n) is 2.42. The number of H-pyrrole nitrogens is 1. The highest BCUT2D eigenvalue weighted by molar-refractivity contribution is 6.31. The molecular weight excluding hydrogens is 266 g/mol. The van der Waals surface area contributed by atoms with Gasteiger partial charge in [0.1, 0.15) is 0 Å². The number of hydrogen-bond donors (Lipinski definition) is 2. The molecule has 0 spiro atoms. The van der Waals surface area contributed by atoms with Crippen LogP contribution in [0.15, 0.2) is 16.7 Å². The molecule has 1 aliphatic heterocycles. The number of rotatable bonds is 2. The summed E-state index contributed by atoms with van der Waals surface area (Å²) < 4.78 is 5.06. The van der Waals surface area contributed by atoms with Gasteiger partial charge in [-0.3, -0.25) is 5.10 Å². The largest absolute Gasteiger partial charge is 0.452 e. The Kier molecular flexibility index (Phi) is 3.20. The summed E-state index contributed by atoms with van der Waals surface area (Å²) in [4.78, 5) is 6.61. The highest BCUT2D eigenvalue weighted by Gasteiger charge is 2.28. The smallest absolute Gasteiger partial charge is 0.245 e. The molecule has 2 aromatic rings. The molecule has 0 aliphatic carbocycles. The van der Waals surface area contributed by atoms with Crippen LogP contribution in [-0.4, -0.2) is 33.8 Å². The van der Waals surface area contributed by atoms with Gasteiger partial charge in [0.25, 0.3) is 0 Å². The van der Waals surface area contributed by atoms with Gasteiger partial charge in [0.15, 0.2) is 5.82 Å². The lowest BCUT2D eigenvalue weighted by Gasteiger charge is -2.36. The van der Waals surface area contributed by atoms with Gasteiger partial charge in [-0.2, -0.15) is 4.98 Å². The van der Waals surface area contributed by atoms with E-state index in [1.165, 1.54) is 6.26 Å². The Bertz CT molecular complexity index is 566. The van der Waals surface area contributed by atoms with Crippen LogP contribution in [0.25, 0.3) is 11.4 Å². The Morgan fingerprint density at radius 2 is 2.42 bits per heavy atom. The second-order valence-corrected chi connectivity index (χ2v) is 5.18. The zero-order valence-corrected chi connectivity index (χ0v) is 11.4. The third-order valence-electron chi connectivity index (χ3n) is 3.65. The number of nitrogens with one attached hydrogen (secondary N) is 1. The van der Waals surface area contributed by atoms with Crippen molar-refractivity contribution in [3.05, 3.63) is 17.5 Å². The maximum atomic E-state index is 6.09. The van der Waals surface area contributed by atoms with Crippen molar-refractivity contribution in [1.29, 1.82) is 0 Å². The first-order valence-electron chi connectivity index (χ1n) is 6.35. The van der Waals surface area contributed by atoms with Crippen LogP contribution in [0.1, 0.15) is 19.8 Å². The van der Waals surface area contributed by atoms with E-state index in [1.54, 1.807) is 6.07 Å². The minimum atomic E-state index is 0.160. The van der Waals surface area contributed by atoms with E-state index in [9.17, 15) is 0 Å². The van der Waals surface area contributed by atoms with Gasteiger partial charge in [0.05, 0.1) is 11.8 Å². The van der Waals surface area contributed by atoms with Crippen molar-refractivity contribution in [2.24, 2.45) is 5.73 Å². The van der Waals surface area contributed by atoms with E-state index in [0.717, 1.165) is 24.9 Å². The average molecular weight is 282 g/mol. The summed E-state index contributed by atoms with van der Waals surface area (Å²) in [5.41, 5.74) is 6.80. The molecule has 3 N–H and O–H groups in total. The van der Waals surface area contributed by atoms with E-state index in [4.69, 9.17) is 21.8 Å². The number of hydrogen-bond acceptors (Lipinski definition) is 5. The maximum absolute atomic E-state index is 6.09. The molecule has 0 bridgehead atoms. The first-order chi connectivity index (χ1) is 9.16. The van der Waals surface area contributed by atoms with Crippen molar-refractivity contribution >= 4 is 17.5 Å². The monoisotopic (exact) mass is 281 g/mol. The van der Waals surface area contributed by atoms with Crippen LogP contribution >= 0.6 is 11.6 Å². The summed E-state index contributed by atoms with van der Waals surface area (Å²) in [5.74, 6) is 1.27. The normalized spacial score (nSPS) is 23.8.